The van der Waals surface area contributed by atoms with E-state index in [1.54, 1.807) is 30.3 Å². The van der Waals surface area contributed by atoms with Crippen molar-refractivity contribution in [2.75, 3.05) is 0 Å². The van der Waals surface area contributed by atoms with Gasteiger partial charge in [0.05, 0.1) is 0 Å². The molecule has 18 heavy (non-hydrogen) atoms. The van der Waals surface area contributed by atoms with E-state index in [1.807, 2.05) is 32.0 Å². The molecule has 0 aliphatic rings. The van der Waals surface area contributed by atoms with Crippen molar-refractivity contribution in [2.24, 2.45) is 0 Å². The minimum Gasteiger partial charge on any atom is -0.508 e. The van der Waals surface area contributed by atoms with E-state index < -0.39 is 0 Å². The van der Waals surface area contributed by atoms with Crippen LogP contribution in [0.5, 0.6) is 5.75 Å². The van der Waals surface area contributed by atoms with Gasteiger partial charge in [0.1, 0.15) is 5.75 Å². The van der Waals surface area contributed by atoms with Gasteiger partial charge in [-0.05, 0) is 12.0 Å². The summed E-state index contributed by atoms with van der Waals surface area (Å²) in [5.41, 5.74) is 1.94. The van der Waals surface area contributed by atoms with E-state index in [0.717, 1.165) is 0 Å². The summed E-state index contributed by atoms with van der Waals surface area (Å²) in [4.78, 5) is 12.4. The maximum Gasteiger partial charge on any atom is 0.193 e. The molecule has 92 valence electrons. The third-order valence-corrected chi connectivity index (χ3v) is 2.94. The van der Waals surface area contributed by atoms with Gasteiger partial charge < -0.3 is 5.11 Å². The molecule has 0 fully saturated rings. The smallest absolute Gasteiger partial charge is 0.193 e. The zero-order valence-corrected chi connectivity index (χ0v) is 10.6. The molecule has 0 radical (unpaired) electrons. The summed E-state index contributed by atoms with van der Waals surface area (Å²) >= 11 is 0. The van der Waals surface area contributed by atoms with Crippen LogP contribution < -0.4 is 0 Å². The standard InChI is InChI=1S/C16H16O2/c1-11(2)15-13(9-6-10-14(15)17)16(18)12-7-4-3-5-8-12/h3-11,17H,1-2H3. The van der Waals surface area contributed by atoms with Gasteiger partial charge in [0.15, 0.2) is 5.78 Å². The van der Waals surface area contributed by atoms with Gasteiger partial charge in [0.2, 0.25) is 0 Å². The highest BCUT2D eigenvalue weighted by atomic mass is 16.3. The first-order valence-electron chi connectivity index (χ1n) is 6.03. The van der Waals surface area contributed by atoms with Crippen molar-refractivity contribution >= 4 is 5.78 Å². The molecule has 2 nitrogen and oxygen atoms in total. The molecule has 0 heterocycles. The molecule has 0 atom stereocenters. The molecule has 2 rings (SSSR count). The summed E-state index contributed by atoms with van der Waals surface area (Å²) in [5.74, 6) is 0.246. The monoisotopic (exact) mass is 240 g/mol. The Labute approximate surface area is 107 Å². The molecule has 2 aromatic carbocycles. The van der Waals surface area contributed by atoms with Crippen LogP contribution in [0.2, 0.25) is 0 Å². The van der Waals surface area contributed by atoms with E-state index in [4.69, 9.17) is 0 Å². The van der Waals surface area contributed by atoms with E-state index in [0.29, 0.717) is 16.7 Å². The lowest BCUT2D eigenvalue weighted by Gasteiger charge is -2.13. The van der Waals surface area contributed by atoms with Gasteiger partial charge in [-0.15, -0.1) is 0 Å². The van der Waals surface area contributed by atoms with Gasteiger partial charge in [-0.1, -0.05) is 56.3 Å². The number of rotatable bonds is 3. The Balaban J connectivity index is 2.52. The maximum absolute atomic E-state index is 12.4. The lowest BCUT2D eigenvalue weighted by atomic mass is 9.91. The number of phenolic OH excluding ortho intramolecular Hbond substituents is 1. The summed E-state index contributed by atoms with van der Waals surface area (Å²) in [7, 11) is 0. The molecule has 0 aliphatic heterocycles. The number of hydrogen-bond donors (Lipinski definition) is 1. The lowest BCUT2D eigenvalue weighted by Crippen LogP contribution is -2.06. The van der Waals surface area contributed by atoms with Crippen LogP contribution in [0, 0.1) is 0 Å². The molecule has 0 unspecified atom stereocenters. The van der Waals surface area contributed by atoms with Crippen LogP contribution in [0.4, 0.5) is 0 Å². The largest absolute Gasteiger partial charge is 0.508 e. The van der Waals surface area contributed by atoms with Crippen molar-refractivity contribution in [1.29, 1.82) is 0 Å². The van der Waals surface area contributed by atoms with E-state index in [1.165, 1.54) is 0 Å². The summed E-state index contributed by atoms with van der Waals surface area (Å²) in [6.45, 7) is 3.94. The zero-order chi connectivity index (χ0) is 13.1. The molecule has 0 saturated carbocycles. The second-order valence-electron chi connectivity index (χ2n) is 4.59. The highest BCUT2D eigenvalue weighted by Gasteiger charge is 2.18. The normalized spacial score (nSPS) is 10.6. The number of benzene rings is 2. The first kappa shape index (κ1) is 12.4. The highest BCUT2D eigenvalue weighted by Crippen LogP contribution is 2.30. The Bertz CT molecular complexity index is 557. The molecule has 2 heteroatoms. The van der Waals surface area contributed by atoms with Crippen molar-refractivity contribution in [3.8, 4) is 5.75 Å². The van der Waals surface area contributed by atoms with Crippen LogP contribution in [-0.2, 0) is 0 Å². The highest BCUT2D eigenvalue weighted by molar-refractivity contribution is 6.10. The molecule has 0 bridgehead atoms. The number of aromatic hydroxyl groups is 1. The average Bonchev–Trinajstić information content (AvgIpc) is 2.38. The predicted molar refractivity (Wildman–Crippen MR) is 72.1 cm³/mol. The molecule has 1 N–H and O–H groups in total. The summed E-state index contributed by atoms with van der Waals surface area (Å²) in [5, 5.41) is 9.91. The zero-order valence-electron chi connectivity index (χ0n) is 10.6. The van der Waals surface area contributed by atoms with Gasteiger partial charge in [-0.3, -0.25) is 4.79 Å². The Hall–Kier alpha value is -2.09. The van der Waals surface area contributed by atoms with Crippen LogP contribution in [0.25, 0.3) is 0 Å². The fourth-order valence-corrected chi connectivity index (χ4v) is 2.10. The molecular formula is C16H16O2. The Morgan fingerprint density at radius 1 is 1.00 bits per heavy atom. The minimum absolute atomic E-state index is 0.0461. The van der Waals surface area contributed by atoms with Crippen LogP contribution in [-0.4, -0.2) is 10.9 Å². The first-order valence-corrected chi connectivity index (χ1v) is 6.03. The summed E-state index contributed by atoms with van der Waals surface area (Å²) < 4.78 is 0. The van der Waals surface area contributed by atoms with Crippen molar-refractivity contribution < 1.29 is 9.90 Å². The van der Waals surface area contributed by atoms with Crippen molar-refractivity contribution in [2.45, 2.75) is 19.8 Å². The molecule has 0 saturated heterocycles. The van der Waals surface area contributed by atoms with Crippen LogP contribution >= 0.6 is 0 Å². The van der Waals surface area contributed by atoms with Gasteiger partial charge in [-0.25, -0.2) is 0 Å². The molecule has 0 aliphatic carbocycles. The predicted octanol–water partition coefficient (Wildman–Crippen LogP) is 3.75. The second-order valence-corrected chi connectivity index (χ2v) is 4.59. The van der Waals surface area contributed by atoms with Gasteiger partial charge in [-0.2, -0.15) is 0 Å². The molecule has 0 amide bonds. The summed E-state index contributed by atoms with van der Waals surface area (Å²) in [6.07, 6.45) is 0. The van der Waals surface area contributed by atoms with Crippen LogP contribution in [0.3, 0.4) is 0 Å². The first-order chi connectivity index (χ1) is 8.61. The number of ketones is 1. The molecular weight excluding hydrogens is 224 g/mol. The van der Waals surface area contributed by atoms with E-state index in [9.17, 15) is 9.90 Å². The van der Waals surface area contributed by atoms with Crippen molar-refractivity contribution in [3.63, 3.8) is 0 Å². The fraction of sp³-hybridized carbons (Fsp3) is 0.188. The second kappa shape index (κ2) is 5.05. The molecule has 0 aromatic heterocycles. The van der Waals surface area contributed by atoms with Gasteiger partial charge in [0.25, 0.3) is 0 Å². The third kappa shape index (κ3) is 2.28. The van der Waals surface area contributed by atoms with Crippen molar-refractivity contribution in [3.05, 3.63) is 65.2 Å². The maximum atomic E-state index is 12.4. The quantitative estimate of drug-likeness (QED) is 0.830. The lowest BCUT2D eigenvalue weighted by molar-refractivity contribution is 0.103. The average molecular weight is 240 g/mol. The van der Waals surface area contributed by atoms with Gasteiger partial charge >= 0.3 is 0 Å². The van der Waals surface area contributed by atoms with Crippen LogP contribution in [0.15, 0.2) is 48.5 Å². The Morgan fingerprint density at radius 3 is 2.28 bits per heavy atom. The molecule has 2 aromatic rings. The Morgan fingerprint density at radius 2 is 1.67 bits per heavy atom. The van der Waals surface area contributed by atoms with Gasteiger partial charge in [0, 0.05) is 16.7 Å². The number of carbonyl (C=O) groups excluding carboxylic acids is 1. The SMILES string of the molecule is CC(C)c1c(O)cccc1C(=O)c1ccccc1. The van der Waals surface area contributed by atoms with Crippen LogP contribution in [0.1, 0.15) is 41.3 Å². The number of hydrogen-bond acceptors (Lipinski definition) is 2. The topological polar surface area (TPSA) is 37.3 Å². The number of phenols is 1. The third-order valence-electron chi connectivity index (χ3n) is 2.94. The van der Waals surface area contributed by atoms with E-state index in [-0.39, 0.29) is 17.5 Å². The van der Waals surface area contributed by atoms with Crippen molar-refractivity contribution in [1.82, 2.24) is 0 Å². The van der Waals surface area contributed by atoms with E-state index >= 15 is 0 Å². The summed E-state index contributed by atoms with van der Waals surface area (Å²) in [6, 6.07) is 14.2. The Kier molecular flexibility index (Phi) is 3.47. The van der Waals surface area contributed by atoms with E-state index in [2.05, 4.69) is 0 Å². The fourth-order valence-electron chi connectivity index (χ4n) is 2.10. The molecule has 0 spiro atoms. The minimum atomic E-state index is -0.0461. The number of carbonyl (C=O) groups is 1.